The fourth-order valence-corrected chi connectivity index (χ4v) is 4.30. The summed E-state index contributed by atoms with van der Waals surface area (Å²) >= 11 is 0. The number of furan rings is 1. The highest BCUT2D eigenvalue weighted by molar-refractivity contribution is 5.70. The van der Waals surface area contributed by atoms with Gasteiger partial charge in [-0.15, -0.1) is 0 Å². The summed E-state index contributed by atoms with van der Waals surface area (Å²) in [5.74, 6) is 0. The maximum atomic E-state index is 12.6. The third kappa shape index (κ3) is 2.07. The monoisotopic (exact) mass is 291 g/mol. The molecule has 0 radical (unpaired) electrons. The fraction of sp³-hybridized carbons (Fsp3) is 0.706. The van der Waals surface area contributed by atoms with E-state index in [9.17, 15) is 4.79 Å². The molecule has 2 fully saturated rings. The Bertz CT molecular complexity index is 504. The van der Waals surface area contributed by atoms with Crippen LogP contribution in [0.4, 0.5) is 4.79 Å². The zero-order chi connectivity index (χ0) is 15.1. The molecule has 4 nitrogen and oxygen atoms in total. The maximum absolute atomic E-state index is 12.6. The van der Waals surface area contributed by atoms with E-state index in [1.165, 1.54) is 5.56 Å². The van der Waals surface area contributed by atoms with Crippen LogP contribution in [0.1, 0.15) is 58.4 Å². The second-order valence-electron chi connectivity index (χ2n) is 6.67. The molecule has 0 bridgehead atoms. The van der Waals surface area contributed by atoms with E-state index >= 15 is 0 Å². The van der Waals surface area contributed by atoms with E-state index in [1.54, 1.807) is 6.26 Å². The molecule has 1 unspecified atom stereocenters. The molecule has 1 amide bonds. The van der Waals surface area contributed by atoms with Crippen LogP contribution in [0.2, 0.25) is 0 Å². The van der Waals surface area contributed by atoms with Gasteiger partial charge in [-0.3, -0.25) is 0 Å². The number of hydrogen-bond acceptors (Lipinski definition) is 3. The molecule has 1 saturated carbocycles. The zero-order valence-corrected chi connectivity index (χ0v) is 13.2. The van der Waals surface area contributed by atoms with Gasteiger partial charge in [-0.1, -0.05) is 6.92 Å². The lowest BCUT2D eigenvalue weighted by molar-refractivity contribution is 0.0344. The van der Waals surface area contributed by atoms with Gasteiger partial charge in [-0.25, -0.2) is 4.79 Å². The normalized spacial score (nSPS) is 27.1. The van der Waals surface area contributed by atoms with Crippen molar-refractivity contribution < 1.29 is 13.9 Å². The molecular weight excluding hydrogens is 266 g/mol. The SMILES string of the molecule is CCC1(C2(c3ccoc3)CC2)CCCN1C(=O)OC(C)C. The number of carbonyl (C=O) groups is 1. The fourth-order valence-electron chi connectivity index (χ4n) is 4.30. The zero-order valence-electron chi connectivity index (χ0n) is 13.2. The maximum Gasteiger partial charge on any atom is 0.410 e. The smallest absolute Gasteiger partial charge is 0.410 e. The summed E-state index contributed by atoms with van der Waals surface area (Å²) < 4.78 is 10.8. The van der Waals surface area contributed by atoms with Crippen LogP contribution in [-0.4, -0.2) is 29.2 Å². The summed E-state index contributed by atoms with van der Waals surface area (Å²) in [7, 11) is 0. The minimum Gasteiger partial charge on any atom is -0.472 e. The van der Waals surface area contributed by atoms with Gasteiger partial charge in [0.15, 0.2) is 0 Å². The van der Waals surface area contributed by atoms with Crippen molar-refractivity contribution in [2.75, 3.05) is 6.54 Å². The first-order valence-corrected chi connectivity index (χ1v) is 8.07. The topological polar surface area (TPSA) is 42.7 Å². The van der Waals surface area contributed by atoms with Gasteiger partial charge in [0.2, 0.25) is 0 Å². The van der Waals surface area contributed by atoms with Crippen LogP contribution in [0.3, 0.4) is 0 Å². The summed E-state index contributed by atoms with van der Waals surface area (Å²) in [5.41, 5.74) is 1.21. The predicted octanol–water partition coefficient (Wildman–Crippen LogP) is 4.10. The van der Waals surface area contributed by atoms with Crippen molar-refractivity contribution in [1.29, 1.82) is 0 Å². The van der Waals surface area contributed by atoms with Crippen LogP contribution in [0.25, 0.3) is 0 Å². The number of likely N-dealkylation sites (tertiary alicyclic amines) is 1. The second-order valence-corrected chi connectivity index (χ2v) is 6.67. The Morgan fingerprint density at radius 2 is 2.19 bits per heavy atom. The van der Waals surface area contributed by atoms with Crippen LogP contribution in [0.15, 0.2) is 23.0 Å². The lowest BCUT2D eigenvalue weighted by atomic mass is 9.73. The molecule has 0 aromatic carbocycles. The van der Waals surface area contributed by atoms with Crippen LogP contribution >= 0.6 is 0 Å². The molecule has 1 aliphatic heterocycles. The Morgan fingerprint density at radius 3 is 2.71 bits per heavy atom. The molecule has 0 spiro atoms. The first kappa shape index (κ1) is 14.5. The molecule has 116 valence electrons. The second kappa shape index (κ2) is 5.08. The number of carbonyl (C=O) groups excluding carboxylic acids is 1. The van der Waals surface area contributed by atoms with Gasteiger partial charge in [0.1, 0.15) is 0 Å². The first-order valence-electron chi connectivity index (χ1n) is 8.07. The first-order chi connectivity index (χ1) is 10.1. The third-order valence-electron chi connectivity index (χ3n) is 5.35. The van der Waals surface area contributed by atoms with Crippen molar-refractivity contribution in [2.45, 2.75) is 69.9 Å². The minimum atomic E-state index is -0.154. The molecule has 3 rings (SSSR count). The highest BCUT2D eigenvalue weighted by Gasteiger charge is 2.64. The van der Waals surface area contributed by atoms with E-state index in [0.29, 0.717) is 0 Å². The van der Waals surface area contributed by atoms with Crippen molar-refractivity contribution in [2.24, 2.45) is 0 Å². The van der Waals surface area contributed by atoms with Crippen LogP contribution in [-0.2, 0) is 10.2 Å². The van der Waals surface area contributed by atoms with E-state index in [0.717, 1.165) is 38.6 Å². The molecule has 1 aromatic rings. The average Bonchev–Trinajstić information content (AvgIpc) is 2.94. The van der Waals surface area contributed by atoms with Crippen molar-refractivity contribution in [1.82, 2.24) is 4.90 Å². The molecule has 1 aromatic heterocycles. The molecule has 4 heteroatoms. The van der Waals surface area contributed by atoms with Crippen molar-refractivity contribution >= 4 is 6.09 Å². The van der Waals surface area contributed by atoms with E-state index in [-0.39, 0.29) is 23.2 Å². The Kier molecular flexibility index (Phi) is 3.50. The number of nitrogens with zero attached hydrogens (tertiary/aromatic N) is 1. The molecule has 1 saturated heterocycles. The number of amides is 1. The summed E-state index contributed by atoms with van der Waals surface area (Å²) in [5, 5.41) is 0. The van der Waals surface area contributed by atoms with Crippen LogP contribution in [0, 0.1) is 0 Å². The lowest BCUT2D eigenvalue weighted by Gasteiger charge is -2.44. The van der Waals surface area contributed by atoms with Crippen LogP contribution in [0.5, 0.6) is 0 Å². The van der Waals surface area contributed by atoms with Gasteiger partial charge in [0.25, 0.3) is 0 Å². The quantitative estimate of drug-likeness (QED) is 0.838. The van der Waals surface area contributed by atoms with Gasteiger partial charge >= 0.3 is 6.09 Å². The summed E-state index contributed by atoms with van der Waals surface area (Å²) in [6.45, 7) is 6.81. The van der Waals surface area contributed by atoms with Crippen LogP contribution < -0.4 is 0 Å². The molecule has 21 heavy (non-hydrogen) atoms. The van der Waals surface area contributed by atoms with Gasteiger partial charge in [0.05, 0.1) is 24.2 Å². The molecule has 2 heterocycles. The Balaban J connectivity index is 1.94. The molecule has 1 aliphatic carbocycles. The molecule has 1 atom stereocenters. The van der Waals surface area contributed by atoms with Gasteiger partial charge in [-0.2, -0.15) is 0 Å². The molecular formula is C17H25NO3. The largest absolute Gasteiger partial charge is 0.472 e. The predicted molar refractivity (Wildman–Crippen MR) is 80.2 cm³/mol. The van der Waals surface area contributed by atoms with Crippen molar-refractivity contribution in [3.63, 3.8) is 0 Å². The summed E-state index contributed by atoms with van der Waals surface area (Å²) in [6.07, 6.45) is 8.71. The number of rotatable bonds is 4. The van der Waals surface area contributed by atoms with Crippen molar-refractivity contribution in [3.05, 3.63) is 24.2 Å². The third-order valence-corrected chi connectivity index (χ3v) is 5.35. The van der Waals surface area contributed by atoms with E-state index in [2.05, 4.69) is 13.0 Å². The minimum absolute atomic E-state index is 0.0707. The van der Waals surface area contributed by atoms with Gasteiger partial charge < -0.3 is 14.1 Å². The van der Waals surface area contributed by atoms with E-state index in [4.69, 9.17) is 9.15 Å². The number of hydrogen-bond donors (Lipinski definition) is 0. The average molecular weight is 291 g/mol. The van der Waals surface area contributed by atoms with Crippen molar-refractivity contribution in [3.8, 4) is 0 Å². The van der Waals surface area contributed by atoms with Gasteiger partial charge in [-0.05, 0) is 57.6 Å². The van der Waals surface area contributed by atoms with E-state index in [1.807, 2.05) is 25.0 Å². The summed E-state index contributed by atoms with van der Waals surface area (Å²) in [6, 6.07) is 2.06. The Labute approximate surface area is 126 Å². The Morgan fingerprint density at radius 1 is 1.43 bits per heavy atom. The highest BCUT2D eigenvalue weighted by atomic mass is 16.6. The highest BCUT2D eigenvalue weighted by Crippen LogP contribution is 2.62. The van der Waals surface area contributed by atoms with E-state index < -0.39 is 0 Å². The molecule has 0 N–H and O–H groups in total. The lowest BCUT2D eigenvalue weighted by Crippen LogP contribution is -2.55. The molecule has 2 aliphatic rings. The number of ether oxygens (including phenoxy) is 1. The standard InChI is InChI=1S/C17H25NO3/c1-4-17(16(8-9-16)14-6-11-20-12-14)7-5-10-18(17)15(19)21-13(2)3/h6,11-13H,4-5,7-10H2,1-3H3. The summed E-state index contributed by atoms with van der Waals surface area (Å²) in [4.78, 5) is 14.6. The Hall–Kier alpha value is -1.45. The van der Waals surface area contributed by atoms with Gasteiger partial charge in [0, 0.05) is 12.0 Å².